The molecule has 116 valence electrons. The van der Waals surface area contributed by atoms with Gasteiger partial charge in [-0.1, -0.05) is 26.8 Å². The van der Waals surface area contributed by atoms with E-state index in [4.69, 9.17) is 5.73 Å². The lowest BCUT2D eigenvalue weighted by atomic mass is 9.82. The third kappa shape index (κ3) is 4.33. The number of benzene rings is 1. The van der Waals surface area contributed by atoms with Crippen molar-refractivity contribution in [2.24, 2.45) is 11.1 Å². The molecule has 1 aromatic carbocycles. The maximum Gasteiger partial charge on any atom is 0.416 e. The van der Waals surface area contributed by atoms with Gasteiger partial charge in [0.2, 0.25) is 0 Å². The lowest BCUT2D eigenvalue weighted by molar-refractivity contribution is -0.137. The van der Waals surface area contributed by atoms with Crippen molar-refractivity contribution in [1.82, 2.24) is 0 Å². The average molecular weight is 316 g/mol. The Hall–Kier alpha value is -0.850. The Morgan fingerprint density at radius 2 is 1.65 bits per heavy atom. The zero-order valence-corrected chi connectivity index (χ0v) is 12.1. The van der Waals surface area contributed by atoms with Crippen LogP contribution in [0.4, 0.5) is 17.6 Å². The van der Waals surface area contributed by atoms with Gasteiger partial charge in [-0.05, 0) is 17.5 Å². The van der Waals surface area contributed by atoms with Crippen molar-refractivity contribution in [3.05, 3.63) is 35.1 Å². The van der Waals surface area contributed by atoms with Crippen molar-refractivity contribution < 1.29 is 22.7 Å². The van der Waals surface area contributed by atoms with Crippen LogP contribution in [0.15, 0.2) is 18.2 Å². The molecule has 0 unspecified atom stereocenters. The molecule has 1 aromatic rings. The summed E-state index contributed by atoms with van der Waals surface area (Å²) in [4.78, 5) is 0. The molecule has 0 aliphatic carbocycles. The summed E-state index contributed by atoms with van der Waals surface area (Å²) in [6, 6.07) is 1.04. The van der Waals surface area contributed by atoms with Crippen LogP contribution >= 0.6 is 12.4 Å². The van der Waals surface area contributed by atoms with E-state index in [1.165, 1.54) is 0 Å². The predicted molar refractivity (Wildman–Crippen MR) is 71.0 cm³/mol. The molecule has 0 aromatic heterocycles. The van der Waals surface area contributed by atoms with Crippen LogP contribution in [0, 0.1) is 11.2 Å². The lowest BCUT2D eigenvalue weighted by Gasteiger charge is -2.31. The molecule has 0 saturated heterocycles. The minimum absolute atomic E-state index is 0. The summed E-state index contributed by atoms with van der Waals surface area (Å²) in [6.45, 7) is 5.12. The van der Waals surface area contributed by atoms with Crippen molar-refractivity contribution in [3.63, 3.8) is 0 Å². The van der Waals surface area contributed by atoms with E-state index in [1.54, 1.807) is 20.8 Å². The first-order chi connectivity index (χ1) is 8.44. The van der Waals surface area contributed by atoms with Gasteiger partial charge in [-0.3, -0.25) is 0 Å². The van der Waals surface area contributed by atoms with Gasteiger partial charge < -0.3 is 10.8 Å². The fourth-order valence-electron chi connectivity index (χ4n) is 1.68. The zero-order valence-electron chi connectivity index (χ0n) is 11.3. The zero-order chi connectivity index (χ0) is 15.0. The highest BCUT2D eigenvalue weighted by Crippen LogP contribution is 2.33. The van der Waals surface area contributed by atoms with E-state index in [2.05, 4.69) is 0 Å². The molecule has 0 bridgehead atoms. The molecular formula is C13H18ClF4NO. The molecule has 0 aliphatic heterocycles. The molecular weight excluding hydrogens is 298 g/mol. The van der Waals surface area contributed by atoms with Crippen LogP contribution in [0.25, 0.3) is 0 Å². The summed E-state index contributed by atoms with van der Waals surface area (Å²) in [5, 5.41) is 9.95. The number of halogens is 5. The minimum atomic E-state index is -4.61. The number of rotatable bonds is 2. The highest BCUT2D eigenvalue weighted by molar-refractivity contribution is 5.85. The molecule has 2 atom stereocenters. The van der Waals surface area contributed by atoms with Crippen LogP contribution in [-0.4, -0.2) is 11.2 Å². The Morgan fingerprint density at radius 1 is 1.15 bits per heavy atom. The van der Waals surface area contributed by atoms with Crippen LogP contribution in [0.5, 0.6) is 0 Å². The predicted octanol–water partition coefficient (Wildman–Crippen LogP) is 3.67. The van der Waals surface area contributed by atoms with Crippen LogP contribution < -0.4 is 5.73 Å². The van der Waals surface area contributed by atoms with E-state index in [-0.39, 0.29) is 18.0 Å². The summed E-state index contributed by atoms with van der Waals surface area (Å²) in [5.41, 5.74) is 3.90. The normalized spacial score (nSPS) is 15.4. The van der Waals surface area contributed by atoms with Gasteiger partial charge in [0.05, 0.1) is 17.7 Å². The molecule has 7 heteroatoms. The van der Waals surface area contributed by atoms with Crippen molar-refractivity contribution >= 4 is 12.4 Å². The van der Waals surface area contributed by atoms with Gasteiger partial charge in [0.15, 0.2) is 0 Å². The van der Waals surface area contributed by atoms with E-state index in [1.807, 2.05) is 0 Å². The number of alkyl halides is 3. The smallest absolute Gasteiger partial charge is 0.391 e. The Labute approximate surface area is 121 Å². The van der Waals surface area contributed by atoms with Crippen LogP contribution in [-0.2, 0) is 6.18 Å². The first-order valence-electron chi connectivity index (χ1n) is 5.75. The van der Waals surface area contributed by atoms with Crippen molar-refractivity contribution in [1.29, 1.82) is 0 Å². The lowest BCUT2D eigenvalue weighted by Crippen LogP contribution is -2.37. The first-order valence-corrected chi connectivity index (χ1v) is 5.75. The van der Waals surface area contributed by atoms with Crippen LogP contribution in [0.2, 0.25) is 0 Å². The van der Waals surface area contributed by atoms with Gasteiger partial charge >= 0.3 is 6.18 Å². The SMILES string of the molecule is CC(C)(C)[C@@H](O)[C@@H](N)c1ccc(C(F)(F)F)cc1F.Cl. The fraction of sp³-hybridized carbons (Fsp3) is 0.538. The number of hydrogen-bond donors (Lipinski definition) is 2. The third-order valence-electron chi connectivity index (χ3n) is 2.91. The van der Waals surface area contributed by atoms with E-state index >= 15 is 0 Å². The maximum absolute atomic E-state index is 13.7. The van der Waals surface area contributed by atoms with Crippen LogP contribution in [0.1, 0.15) is 37.9 Å². The third-order valence-corrected chi connectivity index (χ3v) is 2.91. The second kappa shape index (κ2) is 6.28. The summed E-state index contributed by atoms with van der Waals surface area (Å²) >= 11 is 0. The van der Waals surface area contributed by atoms with Crippen molar-refractivity contribution in [2.45, 2.75) is 39.1 Å². The van der Waals surface area contributed by atoms with E-state index < -0.39 is 35.1 Å². The molecule has 3 N–H and O–H groups in total. The van der Waals surface area contributed by atoms with Gasteiger partial charge in [-0.15, -0.1) is 12.4 Å². The molecule has 0 spiro atoms. The molecule has 20 heavy (non-hydrogen) atoms. The summed E-state index contributed by atoms with van der Waals surface area (Å²) in [5.74, 6) is -1.06. The number of hydrogen-bond acceptors (Lipinski definition) is 2. The maximum atomic E-state index is 13.7. The van der Waals surface area contributed by atoms with E-state index in [0.717, 1.165) is 12.1 Å². The Morgan fingerprint density at radius 3 is 2.00 bits per heavy atom. The van der Waals surface area contributed by atoms with Gasteiger partial charge in [0, 0.05) is 5.56 Å². The number of aliphatic hydroxyl groups excluding tert-OH is 1. The molecule has 0 saturated carbocycles. The van der Waals surface area contributed by atoms with E-state index in [0.29, 0.717) is 6.07 Å². The summed E-state index contributed by atoms with van der Waals surface area (Å²) in [7, 11) is 0. The van der Waals surface area contributed by atoms with Crippen molar-refractivity contribution in [3.8, 4) is 0 Å². The number of aliphatic hydroxyl groups is 1. The second-order valence-corrected chi connectivity index (χ2v) is 5.57. The molecule has 0 amide bonds. The molecule has 0 fully saturated rings. The van der Waals surface area contributed by atoms with Gasteiger partial charge in [-0.25, -0.2) is 4.39 Å². The highest BCUT2D eigenvalue weighted by atomic mass is 35.5. The molecule has 0 aliphatic rings. The average Bonchev–Trinajstić information content (AvgIpc) is 2.24. The molecule has 0 radical (unpaired) electrons. The topological polar surface area (TPSA) is 46.2 Å². The Balaban J connectivity index is 0.00000361. The summed E-state index contributed by atoms with van der Waals surface area (Å²) < 4.78 is 50.9. The molecule has 0 heterocycles. The molecule has 1 rings (SSSR count). The fourth-order valence-corrected chi connectivity index (χ4v) is 1.68. The minimum Gasteiger partial charge on any atom is -0.391 e. The molecule has 2 nitrogen and oxygen atoms in total. The summed E-state index contributed by atoms with van der Waals surface area (Å²) in [6.07, 6.45) is -5.68. The monoisotopic (exact) mass is 315 g/mol. The quantitative estimate of drug-likeness (QED) is 0.818. The van der Waals surface area contributed by atoms with Gasteiger partial charge in [0.1, 0.15) is 5.82 Å². The van der Waals surface area contributed by atoms with Gasteiger partial charge in [0.25, 0.3) is 0 Å². The highest BCUT2D eigenvalue weighted by Gasteiger charge is 2.34. The largest absolute Gasteiger partial charge is 0.416 e. The van der Waals surface area contributed by atoms with Crippen LogP contribution in [0.3, 0.4) is 0 Å². The second-order valence-electron chi connectivity index (χ2n) is 5.57. The number of nitrogens with two attached hydrogens (primary N) is 1. The standard InChI is InChI=1S/C13H17F4NO.ClH/c1-12(2,3)11(19)10(18)8-5-4-7(6-9(8)14)13(15,16)17;/h4-6,10-11,19H,18H2,1-3H3;1H/t10-,11-;/m0./s1. The van der Waals surface area contributed by atoms with E-state index in [9.17, 15) is 22.7 Å². The Kier molecular flexibility index (Phi) is 6.02. The first kappa shape index (κ1) is 19.1. The van der Waals surface area contributed by atoms with Crippen molar-refractivity contribution in [2.75, 3.05) is 0 Å². The Bertz CT molecular complexity index is 457. The van der Waals surface area contributed by atoms with Gasteiger partial charge in [-0.2, -0.15) is 13.2 Å².